The number of aromatic nitrogens is 1. The third kappa shape index (κ3) is 3.08. The molecule has 1 amide bonds. The van der Waals surface area contributed by atoms with Crippen molar-refractivity contribution in [1.82, 2.24) is 9.88 Å². The van der Waals surface area contributed by atoms with Crippen molar-refractivity contribution in [2.75, 3.05) is 13.7 Å². The lowest BCUT2D eigenvalue weighted by molar-refractivity contribution is -0.121. The molecule has 0 spiro atoms. The molecule has 0 aliphatic rings. The highest BCUT2D eigenvalue weighted by atomic mass is 16.5. The van der Waals surface area contributed by atoms with E-state index in [1.54, 1.807) is 7.11 Å². The number of rotatable bonds is 6. The first kappa shape index (κ1) is 13.5. The molecule has 102 valence electrons. The molecular formula is C15H20N2O2. The van der Waals surface area contributed by atoms with Gasteiger partial charge in [-0.3, -0.25) is 4.79 Å². The SMILES string of the molecule is CCCCNC(=O)Cn1ccc2c(OC)cccc21. The molecule has 1 heterocycles. The smallest absolute Gasteiger partial charge is 0.239 e. The van der Waals surface area contributed by atoms with Gasteiger partial charge >= 0.3 is 0 Å². The maximum Gasteiger partial charge on any atom is 0.239 e. The summed E-state index contributed by atoms with van der Waals surface area (Å²) in [5.74, 6) is 0.886. The van der Waals surface area contributed by atoms with Crippen molar-refractivity contribution in [2.24, 2.45) is 0 Å². The van der Waals surface area contributed by atoms with Gasteiger partial charge in [-0.1, -0.05) is 19.4 Å². The van der Waals surface area contributed by atoms with Crippen LogP contribution in [0.1, 0.15) is 19.8 Å². The van der Waals surface area contributed by atoms with E-state index in [1.165, 1.54) is 0 Å². The van der Waals surface area contributed by atoms with Crippen LogP contribution in [-0.4, -0.2) is 24.1 Å². The number of carbonyl (C=O) groups excluding carboxylic acids is 1. The quantitative estimate of drug-likeness (QED) is 0.811. The summed E-state index contributed by atoms with van der Waals surface area (Å²) in [5, 5.41) is 3.96. The number of unbranched alkanes of at least 4 members (excludes halogenated alkanes) is 1. The first-order valence-electron chi connectivity index (χ1n) is 6.64. The summed E-state index contributed by atoms with van der Waals surface area (Å²) < 4.78 is 7.25. The number of hydrogen-bond donors (Lipinski definition) is 1. The number of nitrogens with zero attached hydrogens (tertiary/aromatic N) is 1. The maximum atomic E-state index is 11.8. The molecule has 2 aromatic rings. The van der Waals surface area contributed by atoms with Crippen LogP contribution < -0.4 is 10.1 Å². The first-order chi connectivity index (χ1) is 9.26. The molecule has 4 heteroatoms. The second-order valence-corrected chi connectivity index (χ2v) is 4.54. The van der Waals surface area contributed by atoms with E-state index in [1.807, 2.05) is 35.0 Å². The zero-order valence-electron chi connectivity index (χ0n) is 11.5. The lowest BCUT2D eigenvalue weighted by Crippen LogP contribution is -2.28. The Morgan fingerprint density at radius 1 is 1.37 bits per heavy atom. The van der Waals surface area contributed by atoms with Gasteiger partial charge in [-0.05, 0) is 24.6 Å². The maximum absolute atomic E-state index is 11.8. The Kier molecular flexibility index (Phi) is 4.44. The van der Waals surface area contributed by atoms with Crippen molar-refractivity contribution in [3.63, 3.8) is 0 Å². The number of benzene rings is 1. The van der Waals surface area contributed by atoms with Crippen LogP contribution in [0.15, 0.2) is 30.5 Å². The van der Waals surface area contributed by atoms with Gasteiger partial charge in [-0.25, -0.2) is 0 Å². The number of fused-ring (bicyclic) bond motifs is 1. The van der Waals surface area contributed by atoms with E-state index in [2.05, 4.69) is 12.2 Å². The topological polar surface area (TPSA) is 43.3 Å². The normalized spacial score (nSPS) is 10.6. The molecule has 0 aliphatic heterocycles. The molecule has 0 saturated carbocycles. The second kappa shape index (κ2) is 6.27. The summed E-state index contributed by atoms with van der Waals surface area (Å²) in [6.45, 7) is 3.20. The molecule has 4 nitrogen and oxygen atoms in total. The van der Waals surface area contributed by atoms with Gasteiger partial charge in [-0.2, -0.15) is 0 Å². The van der Waals surface area contributed by atoms with Crippen LogP contribution in [0.2, 0.25) is 0 Å². The number of carbonyl (C=O) groups is 1. The van der Waals surface area contributed by atoms with Gasteiger partial charge in [0.15, 0.2) is 0 Å². The summed E-state index contributed by atoms with van der Waals surface area (Å²) in [6.07, 6.45) is 4.03. The van der Waals surface area contributed by atoms with Crippen molar-refractivity contribution in [3.8, 4) is 5.75 Å². The Balaban J connectivity index is 2.11. The van der Waals surface area contributed by atoms with E-state index < -0.39 is 0 Å². The molecule has 1 aromatic carbocycles. The highest BCUT2D eigenvalue weighted by molar-refractivity contribution is 5.88. The van der Waals surface area contributed by atoms with Crippen LogP contribution >= 0.6 is 0 Å². The van der Waals surface area contributed by atoms with Crippen molar-refractivity contribution in [2.45, 2.75) is 26.3 Å². The predicted molar refractivity (Wildman–Crippen MR) is 76.4 cm³/mol. The zero-order valence-corrected chi connectivity index (χ0v) is 11.5. The van der Waals surface area contributed by atoms with Crippen molar-refractivity contribution >= 4 is 16.8 Å². The third-order valence-electron chi connectivity index (χ3n) is 3.16. The Hall–Kier alpha value is -1.97. The standard InChI is InChI=1S/C15H20N2O2/c1-3-4-9-16-15(18)11-17-10-8-12-13(17)6-5-7-14(12)19-2/h5-8,10H,3-4,9,11H2,1-2H3,(H,16,18). The number of methoxy groups -OCH3 is 1. The molecule has 0 saturated heterocycles. The number of nitrogens with one attached hydrogen (secondary N) is 1. The lowest BCUT2D eigenvalue weighted by atomic mass is 10.2. The molecule has 2 rings (SSSR count). The molecule has 1 N–H and O–H groups in total. The largest absolute Gasteiger partial charge is 0.496 e. The fraction of sp³-hybridized carbons (Fsp3) is 0.400. The minimum Gasteiger partial charge on any atom is -0.496 e. The summed E-state index contributed by atoms with van der Waals surface area (Å²) >= 11 is 0. The van der Waals surface area contributed by atoms with Crippen LogP contribution in [0.4, 0.5) is 0 Å². The molecular weight excluding hydrogens is 240 g/mol. The van der Waals surface area contributed by atoms with E-state index in [0.29, 0.717) is 6.54 Å². The molecule has 19 heavy (non-hydrogen) atoms. The van der Waals surface area contributed by atoms with Gasteiger partial charge in [0.1, 0.15) is 12.3 Å². The lowest BCUT2D eigenvalue weighted by Gasteiger charge is -2.07. The van der Waals surface area contributed by atoms with Crippen molar-refractivity contribution in [1.29, 1.82) is 0 Å². The van der Waals surface area contributed by atoms with Crippen molar-refractivity contribution < 1.29 is 9.53 Å². The van der Waals surface area contributed by atoms with E-state index in [-0.39, 0.29) is 5.91 Å². The highest BCUT2D eigenvalue weighted by Gasteiger charge is 2.08. The molecule has 0 atom stereocenters. The zero-order chi connectivity index (χ0) is 13.7. The Bertz CT molecular complexity index is 560. The van der Waals surface area contributed by atoms with Gasteiger partial charge in [0, 0.05) is 18.1 Å². The summed E-state index contributed by atoms with van der Waals surface area (Å²) in [7, 11) is 1.66. The monoisotopic (exact) mass is 260 g/mol. The van der Waals surface area contributed by atoms with Gasteiger partial charge < -0.3 is 14.6 Å². The Morgan fingerprint density at radius 2 is 2.21 bits per heavy atom. The Labute approximate surface area is 113 Å². The fourth-order valence-corrected chi connectivity index (χ4v) is 2.13. The first-order valence-corrected chi connectivity index (χ1v) is 6.64. The van der Waals surface area contributed by atoms with Gasteiger partial charge in [0.2, 0.25) is 5.91 Å². The fourth-order valence-electron chi connectivity index (χ4n) is 2.13. The molecule has 0 fully saturated rings. The van der Waals surface area contributed by atoms with Crippen LogP contribution in [0, 0.1) is 0 Å². The van der Waals surface area contributed by atoms with E-state index in [0.717, 1.165) is 36.0 Å². The van der Waals surface area contributed by atoms with Gasteiger partial charge in [0.05, 0.1) is 12.6 Å². The van der Waals surface area contributed by atoms with Crippen molar-refractivity contribution in [3.05, 3.63) is 30.5 Å². The number of ether oxygens (including phenoxy) is 1. The molecule has 0 aliphatic carbocycles. The predicted octanol–water partition coefficient (Wildman–Crippen LogP) is 2.57. The second-order valence-electron chi connectivity index (χ2n) is 4.54. The molecule has 0 unspecified atom stereocenters. The number of hydrogen-bond acceptors (Lipinski definition) is 2. The third-order valence-corrected chi connectivity index (χ3v) is 3.16. The minimum absolute atomic E-state index is 0.0498. The molecule has 1 aromatic heterocycles. The van der Waals surface area contributed by atoms with Crippen LogP contribution in [0.3, 0.4) is 0 Å². The van der Waals surface area contributed by atoms with Crippen LogP contribution in [-0.2, 0) is 11.3 Å². The number of amides is 1. The molecule has 0 radical (unpaired) electrons. The summed E-state index contributed by atoms with van der Waals surface area (Å²) in [5.41, 5.74) is 1.02. The molecule has 0 bridgehead atoms. The Morgan fingerprint density at radius 3 is 2.95 bits per heavy atom. The summed E-state index contributed by atoms with van der Waals surface area (Å²) in [4.78, 5) is 11.8. The average molecular weight is 260 g/mol. The highest BCUT2D eigenvalue weighted by Crippen LogP contribution is 2.25. The van der Waals surface area contributed by atoms with E-state index in [9.17, 15) is 4.79 Å². The van der Waals surface area contributed by atoms with Gasteiger partial charge in [-0.15, -0.1) is 0 Å². The van der Waals surface area contributed by atoms with Crippen LogP contribution in [0.25, 0.3) is 10.9 Å². The minimum atomic E-state index is 0.0498. The van der Waals surface area contributed by atoms with E-state index in [4.69, 9.17) is 4.74 Å². The van der Waals surface area contributed by atoms with Gasteiger partial charge in [0.25, 0.3) is 0 Å². The van der Waals surface area contributed by atoms with Crippen LogP contribution in [0.5, 0.6) is 5.75 Å². The van der Waals surface area contributed by atoms with E-state index >= 15 is 0 Å². The average Bonchev–Trinajstić information content (AvgIpc) is 2.82. The summed E-state index contributed by atoms with van der Waals surface area (Å²) in [6, 6.07) is 7.84.